The summed E-state index contributed by atoms with van der Waals surface area (Å²) in [6, 6.07) is 6.10. The lowest BCUT2D eigenvalue weighted by molar-refractivity contribution is 0.102. The number of hydrogen-bond acceptors (Lipinski definition) is 7. The number of anilines is 2. The molecule has 1 amide bonds. The largest absolute Gasteiger partial charge is 0.471 e. The third kappa shape index (κ3) is 3.10. The summed E-state index contributed by atoms with van der Waals surface area (Å²) in [5, 5.41) is 12.9. The topological polar surface area (TPSA) is 88.3 Å². The Morgan fingerprint density at radius 1 is 1.32 bits per heavy atom. The Hall–Kier alpha value is -2.81. The first-order valence-corrected chi connectivity index (χ1v) is 7.84. The number of rotatable bonds is 5. The smallest absolute Gasteiger partial charge is 0.414 e. The molecule has 0 unspecified atom stereocenters. The number of β-amino-alcohol motifs (C(OH)–C–C–N with tert-alkyl or cyclic N) is 1. The first kappa shape index (κ1) is 15.7. The van der Waals surface area contributed by atoms with Crippen molar-refractivity contribution in [2.24, 2.45) is 0 Å². The fourth-order valence-corrected chi connectivity index (χ4v) is 2.85. The van der Waals surface area contributed by atoms with Crippen molar-refractivity contribution in [3.05, 3.63) is 36.3 Å². The molecule has 1 atom stereocenters. The van der Waals surface area contributed by atoms with Crippen LogP contribution in [0.25, 0.3) is 0 Å². The first-order chi connectivity index (χ1) is 12.1. The van der Waals surface area contributed by atoms with Crippen molar-refractivity contribution in [3.63, 3.8) is 0 Å². The Morgan fingerprint density at radius 2 is 2.16 bits per heavy atom. The molecule has 3 heterocycles. The molecule has 2 aromatic rings. The van der Waals surface area contributed by atoms with Gasteiger partial charge in [0.25, 0.3) is 5.88 Å². The van der Waals surface area contributed by atoms with E-state index in [0.717, 1.165) is 0 Å². The number of halogens is 1. The molecule has 2 fully saturated rings. The summed E-state index contributed by atoms with van der Waals surface area (Å²) in [6.45, 7) is 1.19. The maximum atomic E-state index is 14.3. The zero-order valence-electron chi connectivity index (χ0n) is 13.2. The summed E-state index contributed by atoms with van der Waals surface area (Å²) in [5.41, 5.74) is 0.823. The molecular weight excluding hydrogens is 333 g/mol. The van der Waals surface area contributed by atoms with Gasteiger partial charge in [0.2, 0.25) is 0 Å². The monoisotopic (exact) mass is 349 g/mol. The number of carbonyl (C=O) groups is 1. The van der Waals surface area contributed by atoms with Gasteiger partial charge in [-0.25, -0.2) is 9.18 Å². The van der Waals surface area contributed by atoms with Crippen LogP contribution in [0.5, 0.6) is 5.88 Å². The van der Waals surface area contributed by atoms with Crippen LogP contribution in [0.4, 0.5) is 20.6 Å². The number of carbonyl (C=O) groups excluding carboxylic acids is 1. The van der Waals surface area contributed by atoms with Crippen molar-refractivity contribution in [2.75, 3.05) is 36.0 Å². The minimum atomic E-state index is -0.555. The van der Waals surface area contributed by atoms with E-state index >= 15 is 0 Å². The molecule has 2 aliphatic heterocycles. The van der Waals surface area contributed by atoms with Gasteiger partial charge >= 0.3 is 6.09 Å². The van der Waals surface area contributed by atoms with Crippen LogP contribution in [0.2, 0.25) is 0 Å². The molecule has 132 valence electrons. The molecule has 1 N–H and O–H groups in total. The fourth-order valence-electron chi connectivity index (χ4n) is 2.85. The quantitative estimate of drug-likeness (QED) is 0.873. The molecule has 25 heavy (non-hydrogen) atoms. The Balaban J connectivity index is 1.41. The SMILES string of the molecule is O=C1O[C@@H](COc2ccon2)CN1c1ccc(N2CC(O)C2)c(F)c1. The summed E-state index contributed by atoms with van der Waals surface area (Å²) in [4.78, 5) is 15.1. The van der Waals surface area contributed by atoms with Gasteiger partial charge in [-0.3, -0.25) is 4.90 Å². The highest BCUT2D eigenvalue weighted by Gasteiger charge is 2.34. The van der Waals surface area contributed by atoms with Crippen molar-refractivity contribution in [1.82, 2.24) is 5.16 Å². The summed E-state index contributed by atoms with van der Waals surface area (Å²) in [6.07, 6.45) is -0.0834. The van der Waals surface area contributed by atoms with Crippen LogP contribution in [-0.2, 0) is 4.74 Å². The van der Waals surface area contributed by atoms with Crippen molar-refractivity contribution < 1.29 is 28.3 Å². The van der Waals surface area contributed by atoms with Gasteiger partial charge in [-0.15, -0.1) is 0 Å². The highest BCUT2D eigenvalue weighted by atomic mass is 19.1. The fraction of sp³-hybridized carbons (Fsp3) is 0.375. The lowest BCUT2D eigenvalue weighted by Gasteiger charge is -2.38. The number of amides is 1. The highest BCUT2D eigenvalue weighted by molar-refractivity contribution is 5.90. The average Bonchev–Trinajstić information content (AvgIpc) is 3.20. The second-order valence-corrected chi connectivity index (χ2v) is 5.96. The van der Waals surface area contributed by atoms with Gasteiger partial charge < -0.3 is 24.0 Å². The van der Waals surface area contributed by atoms with E-state index < -0.39 is 24.1 Å². The number of aromatic nitrogens is 1. The number of nitrogens with zero attached hydrogens (tertiary/aromatic N) is 3. The van der Waals surface area contributed by atoms with Crippen molar-refractivity contribution >= 4 is 17.5 Å². The Kier molecular flexibility index (Phi) is 3.92. The van der Waals surface area contributed by atoms with E-state index in [2.05, 4.69) is 9.68 Å². The van der Waals surface area contributed by atoms with E-state index in [9.17, 15) is 14.3 Å². The Morgan fingerprint density at radius 3 is 2.84 bits per heavy atom. The number of aliphatic hydroxyl groups is 1. The van der Waals surface area contributed by atoms with E-state index in [0.29, 0.717) is 30.3 Å². The van der Waals surface area contributed by atoms with Crippen LogP contribution in [-0.4, -0.2) is 54.8 Å². The number of aliphatic hydroxyl groups excluding tert-OH is 1. The third-order valence-electron chi connectivity index (χ3n) is 4.15. The normalized spacial score (nSPS) is 20.6. The van der Waals surface area contributed by atoms with Crippen LogP contribution in [0, 0.1) is 5.82 Å². The molecular formula is C16H16FN3O5. The van der Waals surface area contributed by atoms with Gasteiger partial charge in [0.15, 0.2) is 6.10 Å². The zero-order valence-corrected chi connectivity index (χ0v) is 13.2. The minimum Gasteiger partial charge on any atom is -0.471 e. The number of benzene rings is 1. The second kappa shape index (κ2) is 6.25. The minimum absolute atomic E-state index is 0.126. The number of ether oxygens (including phenoxy) is 2. The standard InChI is InChI=1S/C16H16FN3O5/c17-13-5-10(1-2-14(13)19-6-11(21)7-19)20-8-12(25-16(20)22)9-23-15-3-4-24-18-15/h1-5,11-12,21H,6-9H2/t12-/m1/s1. The van der Waals surface area contributed by atoms with Gasteiger partial charge in [0, 0.05) is 19.2 Å². The molecule has 8 nitrogen and oxygen atoms in total. The van der Waals surface area contributed by atoms with Crippen LogP contribution in [0.3, 0.4) is 0 Å². The molecule has 0 spiro atoms. The molecule has 0 saturated carbocycles. The summed E-state index contributed by atoms with van der Waals surface area (Å²) in [7, 11) is 0. The van der Waals surface area contributed by atoms with E-state index in [1.807, 2.05) is 0 Å². The van der Waals surface area contributed by atoms with E-state index in [1.54, 1.807) is 23.1 Å². The molecule has 1 aromatic carbocycles. The molecule has 0 aliphatic carbocycles. The summed E-state index contributed by atoms with van der Waals surface area (Å²) in [5.74, 6) is -0.138. The van der Waals surface area contributed by atoms with Crippen LogP contribution in [0.15, 0.2) is 35.1 Å². The van der Waals surface area contributed by atoms with E-state index in [1.165, 1.54) is 17.2 Å². The van der Waals surface area contributed by atoms with Crippen LogP contribution in [0.1, 0.15) is 0 Å². The molecule has 1 aromatic heterocycles. The van der Waals surface area contributed by atoms with Crippen LogP contribution >= 0.6 is 0 Å². The number of hydrogen-bond donors (Lipinski definition) is 1. The molecule has 0 radical (unpaired) electrons. The lowest BCUT2D eigenvalue weighted by atomic mass is 10.1. The second-order valence-electron chi connectivity index (χ2n) is 5.96. The van der Waals surface area contributed by atoms with Gasteiger partial charge in [-0.05, 0) is 23.4 Å². The van der Waals surface area contributed by atoms with Crippen molar-refractivity contribution in [2.45, 2.75) is 12.2 Å². The highest BCUT2D eigenvalue weighted by Crippen LogP contribution is 2.30. The maximum Gasteiger partial charge on any atom is 0.414 e. The average molecular weight is 349 g/mol. The Bertz CT molecular complexity index is 763. The summed E-state index contributed by atoms with van der Waals surface area (Å²) >= 11 is 0. The van der Waals surface area contributed by atoms with Crippen LogP contribution < -0.4 is 14.5 Å². The molecule has 2 aliphatic rings. The summed E-state index contributed by atoms with van der Waals surface area (Å²) < 4.78 is 29.5. The first-order valence-electron chi connectivity index (χ1n) is 7.84. The number of cyclic esters (lactones) is 1. The predicted molar refractivity (Wildman–Crippen MR) is 84.2 cm³/mol. The predicted octanol–water partition coefficient (Wildman–Crippen LogP) is 1.40. The molecule has 2 saturated heterocycles. The van der Waals surface area contributed by atoms with Crippen molar-refractivity contribution in [3.8, 4) is 5.88 Å². The molecule has 9 heteroatoms. The van der Waals surface area contributed by atoms with Gasteiger partial charge in [-0.2, -0.15) is 0 Å². The van der Waals surface area contributed by atoms with Gasteiger partial charge in [-0.1, -0.05) is 0 Å². The van der Waals surface area contributed by atoms with E-state index in [-0.39, 0.29) is 13.2 Å². The van der Waals surface area contributed by atoms with Gasteiger partial charge in [0.05, 0.1) is 24.0 Å². The van der Waals surface area contributed by atoms with E-state index in [4.69, 9.17) is 9.47 Å². The zero-order chi connectivity index (χ0) is 17.4. The molecule has 0 bridgehead atoms. The molecule has 4 rings (SSSR count). The Labute approximate surface area is 142 Å². The maximum absolute atomic E-state index is 14.3. The lowest BCUT2D eigenvalue weighted by Crippen LogP contribution is -2.51. The van der Waals surface area contributed by atoms with Crippen molar-refractivity contribution in [1.29, 1.82) is 0 Å². The van der Waals surface area contributed by atoms with Gasteiger partial charge in [0.1, 0.15) is 18.7 Å². The third-order valence-corrected chi connectivity index (χ3v) is 4.15.